The van der Waals surface area contributed by atoms with Crippen LogP contribution in [0.15, 0.2) is 54.6 Å². The third-order valence-corrected chi connectivity index (χ3v) is 7.38. The minimum atomic E-state index is -0.730. The Balaban J connectivity index is 1.27. The van der Waals surface area contributed by atoms with E-state index in [2.05, 4.69) is 5.32 Å². The molecule has 3 aliphatic rings. The summed E-state index contributed by atoms with van der Waals surface area (Å²) < 4.78 is 16.9. The van der Waals surface area contributed by atoms with Crippen LogP contribution in [0.5, 0.6) is 11.5 Å². The fourth-order valence-electron chi connectivity index (χ4n) is 5.31. The van der Waals surface area contributed by atoms with Gasteiger partial charge in [0.05, 0.1) is 38.7 Å². The molecule has 7 nitrogen and oxygen atoms in total. The van der Waals surface area contributed by atoms with Gasteiger partial charge in [-0.2, -0.15) is 0 Å². The number of carbonyl (C=O) groups is 2. The summed E-state index contributed by atoms with van der Waals surface area (Å²) in [6.45, 7) is 1.29. The van der Waals surface area contributed by atoms with Gasteiger partial charge in [0.1, 0.15) is 5.60 Å². The van der Waals surface area contributed by atoms with E-state index in [1.54, 1.807) is 20.3 Å². The second-order valence-corrected chi connectivity index (χ2v) is 9.32. The van der Waals surface area contributed by atoms with Gasteiger partial charge in [-0.05, 0) is 35.7 Å². The van der Waals surface area contributed by atoms with E-state index in [0.29, 0.717) is 42.6 Å². The first kappa shape index (κ1) is 22.7. The molecule has 178 valence electrons. The predicted molar refractivity (Wildman–Crippen MR) is 127 cm³/mol. The van der Waals surface area contributed by atoms with Crippen LogP contribution in [0.2, 0.25) is 5.02 Å². The highest BCUT2D eigenvalue weighted by atomic mass is 35.5. The molecular weight excluding hydrogens is 456 g/mol. The van der Waals surface area contributed by atoms with Crippen molar-refractivity contribution in [2.75, 3.05) is 27.3 Å². The Bertz CT molecular complexity index is 1150. The van der Waals surface area contributed by atoms with Gasteiger partial charge < -0.3 is 24.4 Å². The fourth-order valence-corrected chi connectivity index (χ4v) is 5.51. The van der Waals surface area contributed by atoms with E-state index in [1.807, 2.05) is 53.5 Å². The van der Waals surface area contributed by atoms with E-state index in [-0.39, 0.29) is 17.9 Å². The van der Waals surface area contributed by atoms with Crippen molar-refractivity contribution in [3.63, 3.8) is 0 Å². The summed E-state index contributed by atoms with van der Waals surface area (Å²) in [7, 11) is 3.20. The molecule has 3 aliphatic heterocycles. The maximum Gasteiger partial charge on any atom is 0.230 e. The number of nitrogens with one attached hydrogen (secondary N) is 1. The first-order chi connectivity index (χ1) is 16.5. The van der Waals surface area contributed by atoms with Gasteiger partial charge in [-0.3, -0.25) is 9.59 Å². The van der Waals surface area contributed by atoms with Gasteiger partial charge in [-0.25, -0.2) is 0 Å². The summed E-state index contributed by atoms with van der Waals surface area (Å²) in [5.74, 6) is 0.0353. The molecule has 2 saturated heterocycles. The van der Waals surface area contributed by atoms with Crippen LogP contribution >= 0.6 is 11.6 Å². The minimum Gasteiger partial charge on any atom is -0.493 e. The van der Waals surface area contributed by atoms with E-state index in [9.17, 15) is 9.59 Å². The third-order valence-electron chi connectivity index (χ3n) is 7.01. The maximum absolute atomic E-state index is 13.4. The number of rotatable bonds is 8. The Morgan fingerprint density at radius 2 is 2.00 bits per heavy atom. The number of hydrogen-bond acceptors (Lipinski definition) is 5. The Kier molecular flexibility index (Phi) is 6.00. The summed E-state index contributed by atoms with van der Waals surface area (Å²) in [5.41, 5.74) is 1.14. The molecule has 0 saturated carbocycles. The Morgan fingerprint density at radius 1 is 1.21 bits per heavy atom. The molecule has 2 aromatic rings. The van der Waals surface area contributed by atoms with Crippen LogP contribution in [0.3, 0.4) is 0 Å². The highest BCUT2D eigenvalue weighted by Crippen LogP contribution is 2.51. The molecule has 2 bridgehead atoms. The van der Waals surface area contributed by atoms with Crippen molar-refractivity contribution in [3.8, 4) is 11.5 Å². The molecule has 0 radical (unpaired) electrons. The molecule has 5 rings (SSSR count). The van der Waals surface area contributed by atoms with Crippen molar-refractivity contribution < 1.29 is 23.8 Å². The number of amides is 2. The lowest BCUT2D eigenvalue weighted by molar-refractivity contribution is -0.137. The number of carbonyl (C=O) groups excluding carboxylic acids is 2. The molecule has 8 heteroatoms. The number of ether oxygens (including phenoxy) is 3. The van der Waals surface area contributed by atoms with Gasteiger partial charge in [-0.15, -0.1) is 0 Å². The van der Waals surface area contributed by atoms with E-state index in [4.69, 9.17) is 25.8 Å². The van der Waals surface area contributed by atoms with Crippen molar-refractivity contribution in [2.24, 2.45) is 11.8 Å². The molecule has 3 heterocycles. The lowest BCUT2D eigenvalue weighted by atomic mass is 9.77. The van der Waals surface area contributed by atoms with Crippen LogP contribution in [0.25, 0.3) is 0 Å². The Labute approximate surface area is 203 Å². The van der Waals surface area contributed by atoms with Crippen LogP contribution in [-0.4, -0.2) is 55.7 Å². The minimum absolute atomic E-state index is 0.0368. The van der Waals surface area contributed by atoms with Crippen molar-refractivity contribution in [3.05, 3.63) is 70.8 Å². The summed E-state index contributed by atoms with van der Waals surface area (Å²) in [5, 5.41) is 3.56. The SMILES string of the molecule is COc1ccc(CCN2C[C@@]34C=C[C@H](O3)[C@@H](C(=O)NCc3ccccc3Cl)[C@H]4C2=O)cc1OC. The van der Waals surface area contributed by atoms with Gasteiger partial charge >= 0.3 is 0 Å². The average molecular weight is 483 g/mol. The lowest BCUT2D eigenvalue weighted by Crippen LogP contribution is -2.44. The number of likely N-dealkylation sites (tertiary alicyclic amines) is 1. The summed E-state index contributed by atoms with van der Waals surface area (Å²) >= 11 is 6.22. The Hall–Kier alpha value is -3.03. The van der Waals surface area contributed by atoms with Gasteiger partial charge in [0.2, 0.25) is 11.8 Å². The first-order valence-corrected chi connectivity index (χ1v) is 11.7. The lowest BCUT2D eigenvalue weighted by Gasteiger charge is -2.23. The topological polar surface area (TPSA) is 77.1 Å². The van der Waals surface area contributed by atoms with Crippen molar-refractivity contribution >= 4 is 23.4 Å². The van der Waals surface area contributed by atoms with Crippen LogP contribution in [0.4, 0.5) is 0 Å². The highest BCUT2D eigenvalue weighted by Gasteiger charge is 2.66. The number of fused-ring (bicyclic) bond motifs is 1. The second kappa shape index (κ2) is 8.96. The zero-order valence-corrected chi connectivity index (χ0v) is 19.9. The zero-order chi connectivity index (χ0) is 23.9. The molecule has 0 aliphatic carbocycles. The first-order valence-electron chi connectivity index (χ1n) is 11.3. The molecule has 1 N–H and O–H groups in total. The molecule has 2 amide bonds. The average Bonchev–Trinajstić information content (AvgIpc) is 3.49. The van der Waals surface area contributed by atoms with Gasteiger partial charge in [0, 0.05) is 18.1 Å². The van der Waals surface area contributed by atoms with Crippen LogP contribution in [-0.2, 0) is 27.3 Å². The van der Waals surface area contributed by atoms with Crippen molar-refractivity contribution in [2.45, 2.75) is 24.7 Å². The van der Waals surface area contributed by atoms with Crippen molar-refractivity contribution in [1.82, 2.24) is 10.2 Å². The molecule has 34 heavy (non-hydrogen) atoms. The van der Waals surface area contributed by atoms with E-state index in [1.165, 1.54) is 0 Å². The standard InChI is InChI=1S/C26H27ClN2O5/c1-32-19-8-7-16(13-21(19)33-2)10-12-29-15-26-11-9-20(34-26)22(23(26)25(29)31)24(30)28-14-17-5-3-4-6-18(17)27/h3-9,11,13,20,22-23H,10,12,14-15H2,1-2H3,(H,28,30)/t20-,22+,23-,26+/m0/s1. The summed E-state index contributed by atoms with van der Waals surface area (Å²) in [6, 6.07) is 13.1. The number of halogens is 1. The van der Waals surface area contributed by atoms with Crippen molar-refractivity contribution in [1.29, 1.82) is 0 Å². The number of methoxy groups -OCH3 is 2. The molecule has 1 spiro atoms. The van der Waals surface area contributed by atoms with Crippen LogP contribution < -0.4 is 14.8 Å². The molecule has 2 fully saturated rings. The third kappa shape index (κ3) is 3.83. The quantitative estimate of drug-likeness (QED) is 0.585. The monoisotopic (exact) mass is 482 g/mol. The number of hydrogen-bond donors (Lipinski definition) is 1. The molecule has 4 atom stereocenters. The molecule has 0 aromatic heterocycles. The Morgan fingerprint density at radius 3 is 2.76 bits per heavy atom. The van der Waals surface area contributed by atoms with Gasteiger partial charge in [0.25, 0.3) is 0 Å². The van der Waals surface area contributed by atoms with E-state index in [0.717, 1.165) is 11.1 Å². The normalized spacial score (nSPS) is 26.6. The van der Waals surface area contributed by atoms with Gasteiger partial charge in [-0.1, -0.05) is 48.0 Å². The summed E-state index contributed by atoms with van der Waals surface area (Å²) in [6.07, 6.45) is 4.16. The van der Waals surface area contributed by atoms with Crippen LogP contribution in [0, 0.1) is 11.8 Å². The highest BCUT2D eigenvalue weighted by molar-refractivity contribution is 6.31. The van der Waals surface area contributed by atoms with Gasteiger partial charge in [0.15, 0.2) is 11.5 Å². The predicted octanol–water partition coefficient (Wildman–Crippen LogP) is 3.00. The summed E-state index contributed by atoms with van der Waals surface area (Å²) in [4.78, 5) is 28.4. The second-order valence-electron chi connectivity index (χ2n) is 8.91. The fraction of sp³-hybridized carbons (Fsp3) is 0.385. The van der Waals surface area contributed by atoms with E-state index >= 15 is 0 Å². The molecular formula is C26H27ClN2O5. The smallest absolute Gasteiger partial charge is 0.230 e. The number of nitrogens with zero attached hydrogens (tertiary/aromatic N) is 1. The van der Waals surface area contributed by atoms with E-state index < -0.39 is 17.4 Å². The maximum atomic E-state index is 13.4. The molecule has 2 aromatic carbocycles. The zero-order valence-electron chi connectivity index (χ0n) is 19.1. The number of benzene rings is 2. The largest absolute Gasteiger partial charge is 0.493 e. The molecule has 0 unspecified atom stereocenters. The van der Waals surface area contributed by atoms with Crippen LogP contribution in [0.1, 0.15) is 11.1 Å².